The van der Waals surface area contributed by atoms with Gasteiger partial charge in [0, 0.05) is 12.2 Å². The fourth-order valence-corrected chi connectivity index (χ4v) is 4.20. The molecule has 0 radical (unpaired) electrons. The highest BCUT2D eigenvalue weighted by molar-refractivity contribution is 7.16. The molecule has 3 aromatic rings. The van der Waals surface area contributed by atoms with Gasteiger partial charge in [-0.25, -0.2) is 0 Å². The number of fused-ring (bicyclic) bond motifs is 1. The van der Waals surface area contributed by atoms with Gasteiger partial charge in [0.15, 0.2) is 4.80 Å². The van der Waals surface area contributed by atoms with E-state index in [-0.39, 0.29) is 24.5 Å². The van der Waals surface area contributed by atoms with E-state index >= 15 is 0 Å². The summed E-state index contributed by atoms with van der Waals surface area (Å²) in [7, 11) is 0. The van der Waals surface area contributed by atoms with Crippen molar-refractivity contribution in [3.05, 3.63) is 46.0 Å². The van der Waals surface area contributed by atoms with E-state index in [1.807, 2.05) is 33.8 Å². The second kappa shape index (κ2) is 8.10. The molecule has 0 aliphatic rings. The van der Waals surface area contributed by atoms with E-state index in [2.05, 4.69) is 16.2 Å². The van der Waals surface area contributed by atoms with Gasteiger partial charge >= 0.3 is 5.97 Å². The maximum atomic E-state index is 12.8. The van der Waals surface area contributed by atoms with Gasteiger partial charge in [-0.3, -0.25) is 14.3 Å². The van der Waals surface area contributed by atoms with Gasteiger partial charge < -0.3 is 9.30 Å². The smallest absolute Gasteiger partial charge is 0.326 e. The van der Waals surface area contributed by atoms with E-state index in [1.54, 1.807) is 28.4 Å². The zero-order valence-corrected chi connectivity index (χ0v) is 17.5. The first-order chi connectivity index (χ1) is 13.3. The molecule has 2 aromatic heterocycles. The van der Waals surface area contributed by atoms with E-state index < -0.39 is 0 Å². The third-order valence-corrected chi connectivity index (χ3v) is 5.51. The highest BCUT2D eigenvalue weighted by Gasteiger charge is 2.17. The molecule has 2 heterocycles. The van der Waals surface area contributed by atoms with Crippen LogP contribution in [0.5, 0.6) is 0 Å². The lowest BCUT2D eigenvalue weighted by Crippen LogP contribution is -2.23. The third kappa shape index (κ3) is 3.91. The lowest BCUT2D eigenvalue weighted by molar-refractivity contribution is -0.143. The van der Waals surface area contributed by atoms with Gasteiger partial charge in [0.1, 0.15) is 12.2 Å². The average Bonchev–Trinajstić information content (AvgIpc) is 3.22. The molecule has 1 amide bonds. The molecule has 0 unspecified atom stereocenters. The molecule has 0 bridgehead atoms. The average molecular weight is 401 g/mol. The predicted molar refractivity (Wildman–Crippen MR) is 108 cm³/mol. The van der Waals surface area contributed by atoms with Gasteiger partial charge in [-0.2, -0.15) is 10.1 Å². The zero-order chi connectivity index (χ0) is 20.4. The Hall–Kier alpha value is -2.74. The molecule has 1 aromatic carbocycles. The van der Waals surface area contributed by atoms with Gasteiger partial charge in [-0.1, -0.05) is 17.4 Å². The third-order valence-electron chi connectivity index (χ3n) is 4.28. The second-order valence-electron chi connectivity index (χ2n) is 6.88. The Balaban J connectivity index is 2.17. The maximum absolute atomic E-state index is 12.8. The number of hydrogen-bond donors (Lipinski definition) is 0. The Morgan fingerprint density at radius 2 is 2.04 bits per heavy atom. The Kier molecular flexibility index (Phi) is 5.79. The molecule has 7 nitrogen and oxygen atoms in total. The number of ether oxygens (including phenoxy) is 1. The quantitative estimate of drug-likeness (QED) is 0.615. The number of carbonyl (C=O) groups is 2. The fraction of sp³-hybridized carbons (Fsp3) is 0.400. The van der Waals surface area contributed by atoms with Crippen LogP contribution in [0.4, 0.5) is 0 Å². The first-order valence-corrected chi connectivity index (χ1v) is 10.0. The van der Waals surface area contributed by atoms with E-state index in [9.17, 15) is 9.59 Å². The summed E-state index contributed by atoms with van der Waals surface area (Å²) in [6.45, 7) is 10.0. The minimum atomic E-state index is -0.385. The summed E-state index contributed by atoms with van der Waals surface area (Å²) in [5, 5.41) is 4.20. The number of nitrogens with zero attached hydrogens (tertiary/aromatic N) is 4. The summed E-state index contributed by atoms with van der Waals surface area (Å²) < 4.78 is 9.51. The van der Waals surface area contributed by atoms with E-state index in [4.69, 9.17) is 4.74 Å². The van der Waals surface area contributed by atoms with Crippen molar-refractivity contribution in [2.45, 2.75) is 47.2 Å². The fourth-order valence-electron chi connectivity index (χ4n) is 3.13. The number of benzene rings is 1. The molecule has 0 atom stereocenters. The van der Waals surface area contributed by atoms with Crippen LogP contribution in [0.15, 0.2) is 29.4 Å². The summed E-state index contributed by atoms with van der Waals surface area (Å²) in [5.41, 5.74) is 3.46. The molecule has 0 saturated heterocycles. The number of aromatic nitrogens is 3. The molecule has 0 fully saturated rings. The number of amides is 1. The summed E-state index contributed by atoms with van der Waals surface area (Å²) >= 11 is 1.40. The monoisotopic (exact) mass is 400 g/mol. The molecule has 8 heteroatoms. The lowest BCUT2D eigenvalue weighted by atomic mass is 10.1. The van der Waals surface area contributed by atoms with Crippen molar-refractivity contribution in [1.82, 2.24) is 14.3 Å². The van der Waals surface area contributed by atoms with Gasteiger partial charge in [-0.05, 0) is 57.9 Å². The van der Waals surface area contributed by atoms with Gasteiger partial charge in [0.25, 0.3) is 5.91 Å². The maximum Gasteiger partial charge on any atom is 0.326 e. The van der Waals surface area contributed by atoms with Gasteiger partial charge in [0.2, 0.25) is 0 Å². The highest BCUT2D eigenvalue weighted by Crippen LogP contribution is 2.23. The Bertz CT molecular complexity index is 1100. The van der Waals surface area contributed by atoms with Crippen molar-refractivity contribution in [3.63, 3.8) is 0 Å². The summed E-state index contributed by atoms with van der Waals surface area (Å²) in [4.78, 5) is 29.8. The van der Waals surface area contributed by atoms with Crippen LogP contribution >= 0.6 is 11.3 Å². The molecule has 0 aliphatic carbocycles. The van der Waals surface area contributed by atoms with Crippen molar-refractivity contribution >= 4 is 33.4 Å². The normalized spacial score (nSPS) is 12.1. The topological polar surface area (TPSA) is 78.5 Å². The van der Waals surface area contributed by atoms with Crippen LogP contribution in [0.1, 0.15) is 48.4 Å². The number of esters is 1. The molecule has 148 valence electrons. The molecule has 3 rings (SSSR count). The Morgan fingerprint density at radius 3 is 2.71 bits per heavy atom. The van der Waals surface area contributed by atoms with Crippen molar-refractivity contribution in [2.24, 2.45) is 4.99 Å². The van der Waals surface area contributed by atoms with Crippen LogP contribution in [0, 0.1) is 13.8 Å². The number of rotatable bonds is 5. The van der Waals surface area contributed by atoms with Crippen LogP contribution < -0.4 is 4.80 Å². The van der Waals surface area contributed by atoms with Crippen LogP contribution in [0.3, 0.4) is 0 Å². The van der Waals surface area contributed by atoms with Crippen LogP contribution in [-0.2, 0) is 16.1 Å². The SMILES string of the molecule is CCOC(=O)Cn1c(=NC(=O)c2ccnn2C(C)C)sc2c(C)cc(C)cc21. The highest BCUT2D eigenvalue weighted by atomic mass is 32.1. The molecule has 0 saturated carbocycles. The van der Waals surface area contributed by atoms with Crippen molar-refractivity contribution in [1.29, 1.82) is 0 Å². The van der Waals surface area contributed by atoms with Crippen LogP contribution in [0.2, 0.25) is 0 Å². The van der Waals surface area contributed by atoms with Crippen molar-refractivity contribution in [2.75, 3.05) is 6.61 Å². The Labute approximate surface area is 167 Å². The number of carbonyl (C=O) groups excluding carboxylic acids is 2. The zero-order valence-electron chi connectivity index (χ0n) is 16.7. The van der Waals surface area contributed by atoms with Crippen molar-refractivity contribution < 1.29 is 14.3 Å². The molecule has 0 aliphatic heterocycles. The first kappa shape index (κ1) is 20.0. The molecule has 0 spiro atoms. The molecular weight excluding hydrogens is 376 g/mol. The Morgan fingerprint density at radius 1 is 1.29 bits per heavy atom. The minimum Gasteiger partial charge on any atom is -0.465 e. The predicted octanol–water partition coefficient (Wildman–Crippen LogP) is 3.40. The van der Waals surface area contributed by atoms with E-state index in [0.717, 1.165) is 21.3 Å². The largest absolute Gasteiger partial charge is 0.465 e. The van der Waals surface area contributed by atoms with Crippen LogP contribution in [-0.4, -0.2) is 32.8 Å². The first-order valence-electron chi connectivity index (χ1n) is 9.20. The number of hydrogen-bond acceptors (Lipinski definition) is 5. The lowest BCUT2D eigenvalue weighted by Gasteiger charge is -2.08. The number of thiazole rings is 1. The molecular formula is C20H24N4O3S. The van der Waals surface area contributed by atoms with Crippen molar-refractivity contribution in [3.8, 4) is 0 Å². The summed E-state index contributed by atoms with van der Waals surface area (Å²) in [6, 6.07) is 5.78. The van der Waals surface area contributed by atoms with E-state index in [0.29, 0.717) is 17.1 Å². The van der Waals surface area contributed by atoms with E-state index in [1.165, 1.54) is 11.3 Å². The van der Waals surface area contributed by atoms with Gasteiger partial charge in [-0.15, -0.1) is 0 Å². The van der Waals surface area contributed by atoms with Gasteiger partial charge in [0.05, 0.1) is 16.8 Å². The molecule has 28 heavy (non-hydrogen) atoms. The minimum absolute atomic E-state index is 0.00624. The van der Waals surface area contributed by atoms with Crippen LogP contribution in [0.25, 0.3) is 10.2 Å². The number of aryl methyl sites for hydroxylation is 2. The standard InChI is InChI=1S/C20H24N4O3S/c1-6-27-17(25)11-23-16-10-13(4)9-14(5)18(16)28-20(23)22-19(26)15-7-8-21-24(15)12(2)3/h7-10,12H,6,11H2,1-5H3. The second-order valence-corrected chi connectivity index (χ2v) is 7.86. The summed E-state index contributed by atoms with van der Waals surface area (Å²) in [6.07, 6.45) is 1.59. The molecule has 0 N–H and O–H groups in total. The summed E-state index contributed by atoms with van der Waals surface area (Å²) in [5.74, 6) is -0.743.